The van der Waals surface area contributed by atoms with E-state index in [9.17, 15) is 9.59 Å². The lowest BCUT2D eigenvalue weighted by atomic mass is 9.68. The number of likely N-dealkylation sites (tertiary alicyclic amines) is 1. The van der Waals surface area contributed by atoms with E-state index in [0.29, 0.717) is 11.0 Å². The van der Waals surface area contributed by atoms with Gasteiger partial charge in [0.2, 0.25) is 5.56 Å². The van der Waals surface area contributed by atoms with Crippen molar-refractivity contribution < 1.29 is 4.79 Å². The molecule has 1 saturated carbocycles. The summed E-state index contributed by atoms with van der Waals surface area (Å²) in [7, 11) is 0. The first-order valence-electron chi connectivity index (χ1n) is 7.67. The van der Waals surface area contributed by atoms with Gasteiger partial charge in [0.25, 0.3) is 5.91 Å². The molecule has 1 aromatic heterocycles. The second-order valence-electron chi connectivity index (χ2n) is 6.29. The van der Waals surface area contributed by atoms with Crippen molar-refractivity contribution in [1.29, 1.82) is 0 Å². The molecule has 0 bridgehead atoms. The van der Waals surface area contributed by atoms with Crippen molar-refractivity contribution in [1.82, 2.24) is 9.88 Å². The van der Waals surface area contributed by atoms with Crippen LogP contribution in [0.5, 0.6) is 0 Å². The molecule has 1 N–H and O–H groups in total. The van der Waals surface area contributed by atoms with Crippen LogP contribution in [0.3, 0.4) is 0 Å². The number of carbonyl (C=O) groups is 1. The fourth-order valence-electron chi connectivity index (χ4n) is 3.71. The molecule has 1 aliphatic heterocycles. The van der Waals surface area contributed by atoms with Gasteiger partial charge in [-0.25, -0.2) is 0 Å². The first-order valence-corrected chi connectivity index (χ1v) is 7.67. The minimum Gasteiger partial charge on any atom is -0.339 e. The lowest BCUT2D eigenvalue weighted by Gasteiger charge is -2.44. The lowest BCUT2D eigenvalue weighted by Crippen LogP contribution is -2.44. The zero-order valence-corrected chi connectivity index (χ0v) is 11.9. The van der Waals surface area contributed by atoms with Crippen molar-refractivity contribution in [3.05, 3.63) is 34.2 Å². The minimum absolute atomic E-state index is 0.0481. The molecule has 0 aromatic carbocycles. The predicted octanol–water partition coefficient (Wildman–Crippen LogP) is 2.56. The molecule has 0 atom stereocenters. The van der Waals surface area contributed by atoms with Crippen LogP contribution in [0.15, 0.2) is 23.1 Å². The highest BCUT2D eigenvalue weighted by Gasteiger charge is 2.36. The van der Waals surface area contributed by atoms with Crippen LogP contribution >= 0.6 is 0 Å². The van der Waals surface area contributed by atoms with Gasteiger partial charge in [-0.3, -0.25) is 9.59 Å². The molecule has 1 aliphatic carbocycles. The largest absolute Gasteiger partial charge is 0.339 e. The van der Waals surface area contributed by atoms with Crippen LogP contribution in [0.4, 0.5) is 0 Å². The predicted molar refractivity (Wildman–Crippen MR) is 77.7 cm³/mol. The van der Waals surface area contributed by atoms with E-state index in [0.717, 1.165) is 25.9 Å². The van der Waals surface area contributed by atoms with Gasteiger partial charge in [-0.05, 0) is 37.2 Å². The number of piperidine rings is 1. The summed E-state index contributed by atoms with van der Waals surface area (Å²) >= 11 is 0. The molecule has 2 aliphatic rings. The molecular weight excluding hydrogens is 252 g/mol. The van der Waals surface area contributed by atoms with Crippen molar-refractivity contribution in [2.45, 2.75) is 44.9 Å². The summed E-state index contributed by atoms with van der Waals surface area (Å²) in [5, 5.41) is 0. The number of carbonyl (C=O) groups excluding carboxylic acids is 1. The van der Waals surface area contributed by atoms with Crippen LogP contribution in [-0.2, 0) is 0 Å². The third kappa shape index (κ3) is 2.65. The molecule has 1 saturated heterocycles. The van der Waals surface area contributed by atoms with E-state index < -0.39 is 0 Å². The molecule has 20 heavy (non-hydrogen) atoms. The van der Waals surface area contributed by atoms with Crippen molar-refractivity contribution in [2.24, 2.45) is 5.41 Å². The molecule has 2 fully saturated rings. The number of amides is 1. The SMILES string of the molecule is O=C(c1ccc(=O)[nH]c1)N1CCC2(CCCCC2)CC1. The molecule has 0 radical (unpaired) electrons. The molecule has 2 heterocycles. The third-order valence-corrected chi connectivity index (χ3v) is 5.06. The van der Waals surface area contributed by atoms with Gasteiger partial charge < -0.3 is 9.88 Å². The maximum Gasteiger partial charge on any atom is 0.255 e. The van der Waals surface area contributed by atoms with Gasteiger partial charge in [0.05, 0.1) is 5.56 Å². The fourth-order valence-corrected chi connectivity index (χ4v) is 3.71. The standard InChI is InChI=1S/C16H22N2O2/c19-14-5-4-13(12-17-14)15(20)18-10-8-16(9-11-18)6-2-1-3-7-16/h4-5,12H,1-3,6-11H2,(H,17,19). The summed E-state index contributed by atoms with van der Waals surface area (Å²) in [6.07, 6.45) is 10.6. The summed E-state index contributed by atoms with van der Waals surface area (Å²) in [5.74, 6) is 0.0481. The highest BCUT2D eigenvalue weighted by molar-refractivity contribution is 5.93. The maximum absolute atomic E-state index is 12.4. The number of H-pyrrole nitrogens is 1. The van der Waals surface area contributed by atoms with Gasteiger partial charge in [0, 0.05) is 25.4 Å². The van der Waals surface area contributed by atoms with Crippen molar-refractivity contribution in [3.63, 3.8) is 0 Å². The number of aromatic nitrogens is 1. The van der Waals surface area contributed by atoms with Gasteiger partial charge >= 0.3 is 0 Å². The molecule has 108 valence electrons. The van der Waals surface area contributed by atoms with Gasteiger partial charge in [-0.1, -0.05) is 19.3 Å². The topological polar surface area (TPSA) is 53.2 Å². The summed E-state index contributed by atoms with van der Waals surface area (Å²) in [4.78, 5) is 27.9. The second kappa shape index (κ2) is 5.43. The van der Waals surface area contributed by atoms with Crippen LogP contribution in [0, 0.1) is 5.41 Å². The monoisotopic (exact) mass is 274 g/mol. The molecule has 4 heteroatoms. The van der Waals surface area contributed by atoms with Crippen molar-refractivity contribution in [3.8, 4) is 0 Å². The molecule has 0 unspecified atom stereocenters. The normalized spacial score (nSPS) is 21.9. The first-order chi connectivity index (χ1) is 9.69. The number of hydrogen-bond acceptors (Lipinski definition) is 2. The second-order valence-corrected chi connectivity index (χ2v) is 6.29. The first kappa shape index (κ1) is 13.4. The number of pyridine rings is 1. The van der Waals surface area contributed by atoms with E-state index in [-0.39, 0.29) is 11.5 Å². The molecule has 4 nitrogen and oxygen atoms in total. The highest BCUT2D eigenvalue weighted by Crippen LogP contribution is 2.44. The van der Waals surface area contributed by atoms with E-state index in [2.05, 4.69) is 4.98 Å². The van der Waals surface area contributed by atoms with Crippen LogP contribution in [-0.4, -0.2) is 28.9 Å². The fraction of sp³-hybridized carbons (Fsp3) is 0.625. The van der Waals surface area contributed by atoms with E-state index in [1.165, 1.54) is 44.4 Å². The van der Waals surface area contributed by atoms with Crippen LogP contribution in [0.25, 0.3) is 0 Å². The zero-order chi connectivity index (χ0) is 14.0. The Bertz CT molecular complexity index is 513. The van der Waals surface area contributed by atoms with E-state index >= 15 is 0 Å². The Hall–Kier alpha value is -1.58. The molecule has 1 aromatic rings. The van der Waals surface area contributed by atoms with E-state index in [1.807, 2.05) is 4.90 Å². The number of aromatic amines is 1. The minimum atomic E-state index is -0.165. The Balaban J connectivity index is 1.64. The van der Waals surface area contributed by atoms with Crippen molar-refractivity contribution in [2.75, 3.05) is 13.1 Å². The Morgan fingerprint density at radius 2 is 1.75 bits per heavy atom. The Morgan fingerprint density at radius 3 is 2.35 bits per heavy atom. The summed E-state index contributed by atoms with van der Waals surface area (Å²) in [6, 6.07) is 3.03. The van der Waals surface area contributed by atoms with Crippen LogP contribution < -0.4 is 5.56 Å². The maximum atomic E-state index is 12.4. The average molecular weight is 274 g/mol. The smallest absolute Gasteiger partial charge is 0.255 e. The quantitative estimate of drug-likeness (QED) is 0.855. The Kier molecular flexibility index (Phi) is 3.64. The third-order valence-electron chi connectivity index (χ3n) is 5.06. The molecule has 3 rings (SSSR count). The van der Waals surface area contributed by atoms with Crippen molar-refractivity contribution >= 4 is 5.91 Å². The number of nitrogens with one attached hydrogen (secondary N) is 1. The summed E-state index contributed by atoms with van der Waals surface area (Å²) in [5.41, 5.74) is 0.936. The van der Waals surface area contributed by atoms with Gasteiger partial charge in [0.1, 0.15) is 0 Å². The van der Waals surface area contributed by atoms with Crippen LogP contribution in [0.1, 0.15) is 55.3 Å². The Labute approximate surface area is 119 Å². The highest BCUT2D eigenvalue weighted by atomic mass is 16.2. The van der Waals surface area contributed by atoms with Gasteiger partial charge in [-0.15, -0.1) is 0 Å². The Morgan fingerprint density at radius 1 is 1.05 bits per heavy atom. The molecule has 1 spiro atoms. The van der Waals surface area contributed by atoms with Gasteiger partial charge in [0.15, 0.2) is 0 Å². The molecular formula is C16H22N2O2. The average Bonchev–Trinajstić information content (AvgIpc) is 2.49. The lowest BCUT2D eigenvalue weighted by molar-refractivity contribution is 0.0471. The zero-order valence-electron chi connectivity index (χ0n) is 11.9. The summed E-state index contributed by atoms with van der Waals surface area (Å²) < 4.78 is 0. The van der Waals surface area contributed by atoms with E-state index in [4.69, 9.17) is 0 Å². The van der Waals surface area contributed by atoms with Gasteiger partial charge in [-0.2, -0.15) is 0 Å². The van der Waals surface area contributed by atoms with E-state index in [1.54, 1.807) is 6.07 Å². The molecule has 1 amide bonds. The number of hydrogen-bond donors (Lipinski definition) is 1. The summed E-state index contributed by atoms with van der Waals surface area (Å²) in [6.45, 7) is 1.72. The number of rotatable bonds is 1. The van der Waals surface area contributed by atoms with Crippen LogP contribution in [0.2, 0.25) is 0 Å². The number of nitrogens with zero attached hydrogens (tertiary/aromatic N) is 1.